The molecule has 22 heavy (non-hydrogen) atoms. The van der Waals surface area contributed by atoms with Crippen molar-refractivity contribution in [2.24, 2.45) is 0 Å². The predicted octanol–water partition coefficient (Wildman–Crippen LogP) is 2.52. The first kappa shape index (κ1) is 18.8. The fourth-order valence-electron chi connectivity index (χ4n) is 1.61. The predicted molar refractivity (Wildman–Crippen MR) is 87.2 cm³/mol. The van der Waals surface area contributed by atoms with E-state index in [-0.39, 0.29) is 25.0 Å². The third-order valence-corrected chi connectivity index (χ3v) is 3.84. The van der Waals surface area contributed by atoms with Crippen LogP contribution >= 0.6 is 23.4 Å². The number of ether oxygens (including phenoxy) is 2. The molecule has 1 atom stereocenters. The topological polar surface area (TPSA) is 64.6 Å². The van der Waals surface area contributed by atoms with Gasteiger partial charge in [-0.15, -0.1) is 11.8 Å². The van der Waals surface area contributed by atoms with Gasteiger partial charge in [0, 0.05) is 28.8 Å². The second-order valence-corrected chi connectivity index (χ2v) is 6.24. The Morgan fingerprint density at radius 3 is 2.64 bits per heavy atom. The van der Waals surface area contributed by atoms with Crippen LogP contribution in [0.15, 0.2) is 29.2 Å². The minimum atomic E-state index is -0.393. The normalized spacial score (nSPS) is 11.8. The van der Waals surface area contributed by atoms with Gasteiger partial charge in [-0.1, -0.05) is 11.6 Å². The second kappa shape index (κ2) is 10.5. The van der Waals surface area contributed by atoms with Crippen molar-refractivity contribution in [3.05, 3.63) is 29.3 Å². The van der Waals surface area contributed by atoms with Gasteiger partial charge in [-0.05, 0) is 31.2 Å². The van der Waals surface area contributed by atoms with Crippen LogP contribution < -0.4 is 5.32 Å². The third-order valence-electron chi connectivity index (χ3n) is 2.58. The van der Waals surface area contributed by atoms with E-state index in [1.54, 1.807) is 19.2 Å². The fraction of sp³-hybridized carbons (Fsp3) is 0.467. The fourth-order valence-corrected chi connectivity index (χ4v) is 2.57. The molecule has 1 rings (SSSR count). The van der Waals surface area contributed by atoms with Crippen LogP contribution in [0.3, 0.4) is 0 Å². The maximum Gasteiger partial charge on any atom is 0.307 e. The number of esters is 1. The Morgan fingerprint density at radius 2 is 2.00 bits per heavy atom. The van der Waals surface area contributed by atoms with E-state index >= 15 is 0 Å². The van der Waals surface area contributed by atoms with Crippen LogP contribution in [0.1, 0.15) is 13.3 Å². The highest BCUT2D eigenvalue weighted by Crippen LogP contribution is 2.20. The molecule has 0 fully saturated rings. The van der Waals surface area contributed by atoms with Gasteiger partial charge in [0.15, 0.2) is 6.61 Å². The number of carbonyl (C=O) groups excluding carboxylic acids is 2. The van der Waals surface area contributed by atoms with Crippen molar-refractivity contribution in [2.45, 2.75) is 24.3 Å². The molecule has 0 aliphatic heterocycles. The minimum absolute atomic E-state index is 0.114. The Morgan fingerprint density at radius 1 is 1.32 bits per heavy atom. The summed E-state index contributed by atoms with van der Waals surface area (Å²) in [5, 5.41) is 3.34. The van der Waals surface area contributed by atoms with Crippen LogP contribution in [0.2, 0.25) is 5.02 Å². The molecule has 122 valence electrons. The van der Waals surface area contributed by atoms with E-state index in [0.717, 1.165) is 4.90 Å². The number of rotatable bonds is 9. The molecule has 1 N–H and O–H groups in total. The third kappa shape index (κ3) is 8.26. The zero-order chi connectivity index (χ0) is 16.4. The smallest absolute Gasteiger partial charge is 0.307 e. The number of carbonyl (C=O) groups is 2. The number of methoxy groups -OCH3 is 1. The van der Waals surface area contributed by atoms with Gasteiger partial charge in [0.25, 0.3) is 5.91 Å². The molecular weight excluding hydrogens is 326 g/mol. The van der Waals surface area contributed by atoms with Crippen LogP contribution in [-0.2, 0) is 19.1 Å². The first-order valence-electron chi connectivity index (χ1n) is 6.83. The molecule has 7 heteroatoms. The van der Waals surface area contributed by atoms with Gasteiger partial charge in [-0.25, -0.2) is 0 Å². The van der Waals surface area contributed by atoms with Gasteiger partial charge in [-0.3, -0.25) is 9.59 Å². The largest absolute Gasteiger partial charge is 0.456 e. The molecule has 0 radical (unpaired) electrons. The molecule has 5 nitrogen and oxygen atoms in total. The molecule has 0 spiro atoms. The lowest BCUT2D eigenvalue weighted by molar-refractivity contribution is -0.148. The van der Waals surface area contributed by atoms with Gasteiger partial charge in [0.2, 0.25) is 0 Å². The first-order chi connectivity index (χ1) is 10.5. The number of thioether (sulfide) groups is 1. The van der Waals surface area contributed by atoms with Crippen molar-refractivity contribution in [3.8, 4) is 0 Å². The standard InChI is InChI=1S/C15H20ClNO4S/c1-11(9-20-2)17-14(18)10-21-15(19)7-8-22-13-5-3-12(16)4-6-13/h3-6,11H,7-10H2,1-2H3,(H,17,18)/t11-/m0/s1. The lowest BCUT2D eigenvalue weighted by Crippen LogP contribution is -2.38. The van der Waals surface area contributed by atoms with Crippen LogP contribution in [0.25, 0.3) is 0 Å². The summed E-state index contributed by atoms with van der Waals surface area (Å²) in [6.45, 7) is 1.96. The summed E-state index contributed by atoms with van der Waals surface area (Å²) in [5.74, 6) is -0.137. The van der Waals surface area contributed by atoms with Gasteiger partial charge in [0.05, 0.1) is 13.0 Å². The summed E-state index contributed by atoms with van der Waals surface area (Å²) in [6.07, 6.45) is 0.244. The van der Waals surface area contributed by atoms with E-state index < -0.39 is 5.97 Å². The van der Waals surface area contributed by atoms with Gasteiger partial charge < -0.3 is 14.8 Å². The van der Waals surface area contributed by atoms with E-state index in [2.05, 4.69) is 5.32 Å². The lowest BCUT2D eigenvalue weighted by Gasteiger charge is -2.12. The number of nitrogens with one attached hydrogen (secondary N) is 1. The molecule has 1 aromatic carbocycles. The molecular formula is C15H20ClNO4S. The van der Waals surface area contributed by atoms with Crippen LogP contribution in [0, 0.1) is 0 Å². The summed E-state index contributed by atoms with van der Waals surface area (Å²) in [6, 6.07) is 7.27. The highest BCUT2D eigenvalue weighted by molar-refractivity contribution is 7.99. The molecule has 0 saturated carbocycles. The number of hydrogen-bond donors (Lipinski definition) is 1. The Labute approximate surface area is 139 Å². The Bertz CT molecular complexity index is 481. The maximum atomic E-state index is 11.5. The highest BCUT2D eigenvalue weighted by atomic mass is 35.5. The monoisotopic (exact) mass is 345 g/mol. The first-order valence-corrected chi connectivity index (χ1v) is 8.20. The van der Waals surface area contributed by atoms with E-state index in [4.69, 9.17) is 21.1 Å². The van der Waals surface area contributed by atoms with E-state index in [0.29, 0.717) is 17.4 Å². The summed E-state index contributed by atoms with van der Waals surface area (Å²) in [5.41, 5.74) is 0. The highest BCUT2D eigenvalue weighted by Gasteiger charge is 2.10. The molecule has 0 aliphatic rings. The average Bonchev–Trinajstić information content (AvgIpc) is 2.47. The van der Waals surface area contributed by atoms with Gasteiger partial charge >= 0.3 is 5.97 Å². The van der Waals surface area contributed by atoms with E-state index in [1.165, 1.54) is 11.8 Å². The molecule has 1 amide bonds. The molecule has 0 bridgehead atoms. The van der Waals surface area contributed by atoms with Crippen molar-refractivity contribution in [2.75, 3.05) is 26.1 Å². The van der Waals surface area contributed by atoms with E-state index in [9.17, 15) is 9.59 Å². The van der Waals surface area contributed by atoms with Crippen molar-refractivity contribution in [1.82, 2.24) is 5.32 Å². The zero-order valence-corrected chi connectivity index (χ0v) is 14.2. The molecule has 0 heterocycles. The van der Waals surface area contributed by atoms with Crippen LogP contribution in [0.5, 0.6) is 0 Å². The number of hydrogen-bond acceptors (Lipinski definition) is 5. The van der Waals surface area contributed by atoms with Crippen LogP contribution in [-0.4, -0.2) is 44.0 Å². The number of benzene rings is 1. The lowest BCUT2D eigenvalue weighted by atomic mass is 10.3. The van der Waals surface area contributed by atoms with Crippen molar-refractivity contribution < 1.29 is 19.1 Å². The molecule has 0 aliphatic carbocycles. The SMILES string of the molecule is COC[C@H](C)NC(=O)COC(=O)CCSc1ccc(Cl)cc1. The minimum Gasteiger partial charge on any atom is -0.456 e. The quantitative estimate of drug-likeness (QED) is 0.550. The van der Waals surface area contributed by atoms with Gasteiger partial charge in [-0.2, -0.15) is 0 Å². The second-order valence-electron chi connectivity index (χ2n) is 4.64. The van der Waals surface area contributed by atoms with E-state index in [1.807, 2.05) is 19.1 Å². The van der Waals surface area contributed by atoms with Crippen molar-refractivity contribution in [1.29, 1.82) is 0 Å². The Hall–Kier alpha value is -1.24. The zero-order valence-electron chi connectivity index (χ0n) is 12.6. The van der Waals surface area contributed by atoms with Crippen molar-refractivity contribution >= 4 is 35.2 Å². The molecule has 0 saturated heterocycles. The summed E-state index contributed by atoms with van der Waals surface area (Å²) < 4.78 is 9.81. The molecule has 0 aromatic heterocycles. The Kier molecular flexibility index (Phi) is 8.96. The Balaban J connectivity index is 2.15. The summed E-state index contributed by atoms with van der Waals surface area (Å²) >= 11 is 7.33. The average molecular weight is 346 g/mol. The number of halogens is 1. The van der Waals surface area contributed by atoms with Crippen molar-refractivity contribution in [3.63, 3.8) is 0 Å². The van der Waals surface area contributed by atoms with Gasteiger partial charge in [0.1, 0.15) is 0 Å². The molecule has 1 aromatic rings. The summed E-state index contributed by atoms with van der Waals surface area (Å²) in [7, 11) is 1.56. The van der Waals surface area contributed by atoms with Crippen LogP contribution in [0.4, 0.5) is 0 Å². The summed E-state index contributed by atoms with van der Waals surface area (Å²) in [4.78, 5) is 24.1. The maximum absolute atomic E-state index is 11.5. The number of amides is 1. The molecule has 0 unspecified atom stereocenters.